The van der Waals surface area contributed by atoms with Crippen LogP contribution in [0.15, 0.2) is 30.3 Å². The van der Waals surface area contributed by atoms with Gasteiger partial charge in [0.25, 0.3) is 0 Å². The Kier molecular flexibility index (Phi) is 4.73. The molecule has 0 aliphatic carbocycles. The van der Waals surface area contributed by atoms with Crippen LogP contribution in [-0.4, -0.2) is 30.2 Å². The molecule has 0 atom stereocenters. The third kappa shape index (κ3) is 3.83. The first-order chi connectivity index (χ1) is 9.71. The number of rotatable bonds is 6. The predicted octanol–water partition coefficient (Wildman–Crippen LogP) is 1.87. The van der Waals surface area contributed by atoms with Crippen LogP contribution >= 0.6 is 0 Å². The van der Waals surface area contributed by atoms with Crippen molar-refractivity contribution in [2.24, 2.45) is 5.73 Å². The van der Waals surface area contributed by atoms with Gasteiger partial charge >= 0.3 is 0 Å². The topological polar surface area (TPSA) is 82.3 Å². The van der Waals surface area contributed by atoms with Gasteiger partial charge in [-0.2, -0.15) is 4.98 Å². The molecule has 0 radical (unpaired) electrons. The van der Waals surface area contributed by atoms with E-state index >= 15 is 0 Å². The minimum atomic E-state index is 0.500. The minimum absolute atomic E-state index is 0.500. The summed E-state index contributed by atoms with van der Waals surface area (Å²) in [5.74, 6) is 2.65. The van der Waals surface area contributed by atoms with E-state index in [1.165, 1.54) is 0 Å². The summed E-state index contributed by atoms with van der Waals surface area (Å²) in [6.45, 7) is 2.83. The van der Waals surface area contributed by atoms with Crippen molar-refractivity contribution < 1.29 is 9.47 Å². The zero-order chi connectivity index (χ0) is 14.4. The lowest BCUT2D eigenvalue weighted by atomic mass is 10.3. The molecule has 6 heteroatoms. The van der Waals surface area contributed by atoms with E-state index in [0.29, 0.717) is 30.7 Å². The maximum Gasteiger partial charge on any atom is 0.218 e. The molecule has 1 aromatic carbocycles. The Labute approximate surface area is 118 Å². The number of benzene rings is 1. The SMILES string of the molecule is COc1cc(Nc2ccc(OCCN)cc2)nc(C)n1. The van der Waals surface area contributed by atoms with Crippen molar-refractivity contribution in [1.82, 2.24) is 9.97 Å². The van der Waals surface area contributed by atoms with Gasteiger partial charge in [0, 0.05) is 18.3 Å². The quantitative estimate of drug-likeness (QED) is 0.837. The van der Waals surface area contributed by atoms with E-state index < -0.39 is 0 Å². The maximum absolute atomic E-state index is 5.42. The van der Waals surface area contributed by atoms with Gasteiger partial charge in [-0.15, -0.1) is 0 Å². The first kappa shape index (κ1) is 14.1. The molecule has 0 amide bonds. The molecule has 2 aromatic rings. The van der Waals surface area contributed by atoms with Crippen molar-refractivity contribution in [3.8, 4) is 11.6 Å². The van der Waals surface area contributed by atoms with Crippen LogP contribution in [0.2, 0.25) is 0 Å². The Bertz CT molecular complexity index is 558. The van der Waals surface area contributed by atoms with Crippen LogP contribution in [0.5, 0.6) is 11.6 Å². The van der Waals surface area contributed by atoms with Crippen molar-refractivity contribution in [3.63, 3.8) is 0 Å². The molecule has 0 unspecified atom stereocenters. The number of ether oxygens (including phenoxy) is 2. The Morgan fingerprint density at radius 3 is 2.60 bits per heavy atom. The summed E-state index contributed by atoms with van der Waals surface area (Å²) in [5, 5.41) is 3.19. The Hall–Kier alpha value is -2.34. The van der Waals surface area contributed by atoms with Gasteiger partial charge in [0.05, 0.1) is 7.11 Å². The van der Waals surface area contributed by atoms with Crippen LogP contribution < -0.4 is 20.5 Å². The lowest BCUT2D eigenvalue weighted by Gasteiger charge is -2.09. The first-order valence-corrected chi connectivity index (χ1v) is 6.31. The second-order valence-electron chi connectivity index (χ2n) is 4.13. The Morgan fingerprint density at radius 2 is 1.95 bits per heavy atom. The molecule has 1 heterocycles. The smallest absolute Gasteiger partial charge is 0.218 e. The van der Waals surface area contributed by atoms with Crippen LogP contribution in [-0.2, 0) is 0 Å². The summed E-state index contributed by atoms with van der Waals surface area (Å²) in [4.78, 5) is 8.44. The molecule has 3 N–H and O–H groups in total. The standard InChI is InChI=1S/C14H18N4O2/c1-10-16-13(9-14(17-10)19-2)18-11-3-5-12(6-4-11)20-8-7-15/h3-6,9H,7-8,15H2,1-2H3,(H,16,17,18). The molecule has 106 valence electrons. The van der Waals surface area contributed by atoms with Gasteiger partial charge in [-0.1, -0.05) is 0 Å². The van der Waals surface area contributed by atoms with E-state index in [2.05, 4.69) is 15.3 Å². The van der Waals surface area contributed by atoms with E-state index in [1.54, 1.807) is 13.2 Å². The van der Waals surface area contributed by atoms with E-state index in [0.717, 1.165) is 11.4 Å². The van der Waals surface area contributed by atoms with Gasteiger partial charge in [0.15, 0.2) is 0 Å². The number of methoxy groups -OCH3 is 1. The van der Waals surface area contributed by atoms with Crippen LogP contribution in [0.4, 0.5) is 11.5 Å². The molecule has 0 saturated carbocycles. The van der Waals surface area contributed by atoms with Crippen molar-refractivity contribution in [3.05, 3.63) is 36.2 Å². The normalized spacial score (nSPS) is 10.2. The number of nitrogens with two attached hydrogens (primary N) is 1. The molecule has 0 bridgehead atoms. The number of hydrogen-bond acceptors (Lipinski definition) is 6. The average Bonchev–Trinajstić information content (AvgIpc) is 2.46. The molecular weight excluding hydrogens is 256 g/mol. The average molecular weight is 274 g/mol. The highest BCUT2D eigenvalue weighted by atomic mass is 16.5. The van der Waals surface area contributed by atoms with Crippen LogP contribution in [0.1, 0.15) is 5.82 Å². The summed E-state index contributed by atoms with van der Waals surface area (Å²) < 4.78 is 10.5. The fourth-order valence-corrected chi connectivity index (χ4v) is 1.67. The van der Waals surface area contributed by atoms with Crippen molar-refractivity contribution >= 4 is 11.5 Å². The third-order valence-corrected chi connectivity index (χ3v) is 2.54. The number of aromatic nitrogens is 2. The molecule has 0 spiro atoms. The Morgan fingerprint density at radius 1 is 1.20 bits per heavy atom. The summed E-state index contributed by atoms with van der Waals surface area (Å²) >= 11 is 0. The first-order valence-electron chi connectivity index (χ1n) is 6.31. The number of nitrogens with zero attached hydrogens (tertiary/aromatic N) is 2. The number of anilines is 2. The highest BCUT2D eigenvalue weighted by Crippen LogP contribution is 2.21. The highest BCUT2D eigenvalue weighted by Gasteiger charge is 2.02. The summed E-state index contributed by atoms with van der Waals surface area (Å²) in [6, 6.07) is 9.32. The molecular formula is C14H18N4O2. The highest BCUT2D eigenvalue weighted by molar-refractivity contribution is 5.57. The number of nitrogens with one attached hydrogen (secondary N) is 1. The largest absolute Gasteiger partial charge is 0.492 e. The van der Waals surface area contributed by atoms with Gasteiger partial charge in [-0.25, -0.2) is 4.98 Å². The predicted molar refractivity (Wildman–Crippen MR) is 77.6 cm³/mol. The van der Waals surface area contributed by atoms with Gasteiger partial charge in [-0.3, -0.25) is 0 Å². The molecule has 0 fully saturated rings. The van der Waals surface area contributed by atoms with Gasteiger partial charge in [0.1, 0.15) is 24.0 Å². The van der Waals surface area contributed by atoms with Gasteiger partial charge in [0.2, 0.25) is 5.88 Å². The molecule has 20 heavy (non-hydrogen) atoms. The lowest BCUT2D eigenvalue weighted by Crippen LogP contribution is -2.10. The molecule has 2 rings (SSSR count). The summed E-state index contributed by atoms with van der Waals surface area (Å²) in [6.07, 6.45) is 0. The number of aryl methyl sites for hydroxylation is 1. The van der Waals surface area contributed by atoms with Gasteiger partial charge in [-0.05, 0) is 31.2 Å². The molecule has 0 aliphatic rings. The Balaban J connectivity index is 2.07. The van der Waals surface area contributed by atoms with Crippen molar-refractivity contribution in [1.29, 1.82) is 0 Å². The van der Waals surface area contributed by atoms with Crippen molar-refractivity contribution in [2.75, 3.05) is 25.6 Å². The monoisotopic (exact) mass is 274 g/mol. The molecule has 1 aromatic heterocycles. The lowest BCUT2D eigenvalue weighted by molar-refractivity contribution is 0.328. The second kappa shape index (κ2) is 6.72. The fourth-order valence-electron chi connectivity index (χ4n) is 1.67. The summed E-state index contributed by atoms with van der Waals surface area (Å²) in [7, 11) is 1.58. The zero-order valence-corrected chi connectivity index (χ0v) is 11.6. The zero-order valence-electron chi connectivity index (χ0n) is 11.6. The van der Waals surface area contributed by atoms with E-state index in [4.69, 9.17) is 15.2 Å². The molecule has 0 aliphatic heterocycles. The second-order valence-corrected chi connectivity index (χ2v) is 4.13. The van der Waals surface area contributed by atoms with E-state index in [9.17, 15) is 0 Å². The fraction of sp³-hybridized carbons (Fsp3) is 0.286. The van der Waals surface area contributed by atoms with Crippen LogP contribution in [0.3, 0.4) is 0 Å². The molecule has 0 saturated heterocycles. The minimum Gasteiger partial charge on any atom is -0.492 e. The van der Waals surface area contributed by atoms with Gasteiger partial charge < -0.3 is 20.5 Å². The van der Waals surface area contributed by atoms with E-state index in [1.807, 2.05) is 31.2 Å². The van der Waals surface area contributed by atoms with E-state index in [-0.39, 0.29) is 0 Å². The number of hydrogen-bond donors (Lipinski definition) is 2. The van der Waals surface area contributed by atoms with Crippen LogP contribution in [0, 0.1) is 6.92 Å². The van der Waals surface area contributed by atoms with Crippen molar-refractivity contribution in [2.45, 2.75) is 6.92 Å². The molecule has 6 nitrogen and oxygen atoms in total. The third-order valence-electron chi connectivity index (χ3n) is 2.54. The summed E-state index contributed by atoms with van der Waals surface area (Å²) in [5.41, 5.74) is 6.29. The van der Waals surface area contributed by atoms with Crippen LogP contribution in [0.25, 0.3) is 0 Å². The maximum atomic E-state index is 5.42.